The van der Waals surface area contributed by atoms with E-state index in [-0.39, 0.29) is 25.5 Å². The van der Waals surface area contributed by atoms with Crippen LogP contribution in [0.15, 0.2) is 12.2 Å². The van der Waals surface area contributed by atoms with Crippen molar-refractivity contribution in [1.82, 2.24) is 5.32 Å². The molecule has 0 rings (SSSR count). The highest BCUT2D eigenvalue weighted by atomic mass is 16.4. The number of aliphatic carboxylic acids is 1. The van der Waals surface area contributed by atoms with Crippen molar-refractivity contribution in [3.8, 4) is 0 Å². The molecule has 1 unspecified atom stereocenters. The predicted octanol–water partition coefficient (Wildman–Crippen LogP) is 5.61. The molecule has 0 radical (unpaired) electrons. The van der Waals surface area contributed by atoms with Crippen molar-refractivity contribution >= 4 is 11.9 Å². The van der Waals surface area contributed by atoms with Gasteiger partial charge in [0.15, 0.2) is 0 Å². The summed E-state index contributed by atoms with van der Waals surface area (Å²) in [5, 5.41) is 20.4. The monoisotopic (exact) mass is 411 g/mol. The van der Waals surface area contributed by atoms with Crippen LogP contribution in [-0.4, -0.2) is 35.2 Å². The summed E-state index contributed by atoms with van der Waals surface area (Å²) in [5.41, 5.74) is 0. The van der Waals surface area contributed by atoms with Gasteiger partial charge >= 0.3 is 5.97 Å². The molecule has 0 heterocycles. The fraction of sp³-hybridized carbons (Fsp3) is 0.833. The van der Waals surface area contributed by atoms with Gasteiger partial charge in [0.05, 0.1) is 12.5 Å². The molecule has 0 aliphatic heterocycles. The van der Waals surface area contributed by atoms with Gasteiger partial charge in [-0.25, -0.2) is 0 Å². The Labute approximate surface area is 178 Å². The standard InChI is InChI=1S/C24H45NO4/c1-2-3-4-5-6-7-8-9-10-11-12-13-14-15-16-17-18-22(24(28)29)21-23(27)25-19-20-26/h17-18,22,26H,2-16,19-21H2,1H3,(H,25,27)(H,28,29). The molecule has 0 aromatic rings. The molecule has 0 fully saturated rings. The van der Waals surface area contributed by atoms with E-state index in [9.17, 15) is 14.7 Å². The highest BCUT2D eigenvalue weighted by molar-refractivity contribution is 5.83. The third-order valence-electron chi connectivity index (χ3n) is 5.25. The maximum Gasteiger partial charge on any atom is 0.310 e. The number of unbranched alkanes of at least 4 members (excludes halogenated alkanes) is 14. The van der Waals surface area contributed by atoms with Crippen molar-refractivity contribution < 1.29 is 19.8 Å². The molecular formula is C24H45NO4. The lowest BCUT2D eigenvalue weighted by molar-refractivity contribution is -0.142. The van der Waals surface area contributed by atoms with Gasteiger partial charge in [-0.15, -0.1) is 0 Å². The number of hydrogen-bond donors (Lipinski definition) is 3. The summed E-state index contributed by atoms with van der Waals surface area (Å²) in [6.07, 6.45) is 22.9. The lowest BCUT2D eigenvalue weighted by Gasteiger charge is -2.08. The molecule has 0 aromatic carbocycles. The summed E-state index contributed by atoms with van der Waals surface area (Å²) in [5.74, 6) is -2.12. The molecule has 0 aliphatic rings. The van der Waals surface area contributed by atoms with Gasteiger partial charge in [0.25, 0.3) is 0 Å². The molecule has 5 nitrogen and oxygen atoms in total. The zero-order chi connectivity index (χ0) is 21.6. The molecule has 0 bridgehead atoms. The molecule has 0 aliphatic carbocycles. The van der Waals surface area contributed by atoms with Crippen molar-refractivity contribution in [2.75, 3.05) is 13.2 Å². The van der Waals surface area contributed by atoms with Crippen LogP contribution in [0.25, 0.3) is 0 Å². The van der Waals surface area contributed by atoms with Crippen LogP contribution in [0.4, 0.5) is 0 Å². The molecule has 0 saturated heterocycles. The Hall–Kier alpha value is -1.36. The number of hydrogen-bond acceptors (Lipinski definition) is 3. The van der Waals surface area contributed by atoms with E-state index in [0.717, 1.165) is 12.8 Å². The van der Waals surface area contributed by atoms with E-state index in [1.54, 1.807) is 6.08 Å². The fourth-order valence-corrected chi connectivity index (χ4v) is 3.42. The smallest absolute Gasteiger partial charge is 0.310 e. The fourth-order valence-electron chi connectivity index (χ4n) is 3.42. The van der Waals surface area contributed by atoms with Gasteiger partial charge in [0, 0.05) is 13.0 Å². The van der Waals surface area contributed by atoms with Crippen molar-refractivity contribution in [2.24, 2.45) is 5.92 Å². The topological polar surface area (TPSA) is 86.6 Å². The second kappa shape index (κ2) is 21.4. The number of rotatable bonds is 21. The first-order valence-electron chi connectivity index (χ1n) is 11.9. The summed E-state index contributed by atoms with van der Waals surface area (Å²) in [6.45, 7) is 2.28. The number of carbonyl (C=O) groups is 2. The number of aliphatic hydroxyl groups excluding tert-OH is 1. The van der Waals surface area contributed by atoms with Crippen molar-refractivity contribution in [3.05, 3.63) is 12.2 Å². The molecule has 29 heavy (non-hydrogen) atoms. The second-order valence-corrected chi connectivity index (χ2v) is 8.04. The van der Waals surface area contributed by atoms with E-state index in [1.807, 2.05) is 6.08 Å². The lowest BCUT2D eigenvalue weighted by Crippen LogP contribution is -2.29. The average Bonchev–Trinajstić information content (AvgIpc) is 2.70. The van der Waals surface area contributed by atoms with E-state index in [1.165, 1.54) is 83.5 Å². The SMILES string of the molecule is CCCCCCCCCCCCCCCCC=CC(CC(=O)NCCO)C(=O)O. The van der Waals surface area contributed by atoms with Crippen LogP contribution in [-0.2, 0) is 9.59 Å². The molecule has 0 saturated carbocycles. The third-order valence-corrected chi connectivity index (χ3v) is 5.25. The van der Waals surface area contributed by atoms with Crippen LogP contribution < -0.4 is 5.32 Å². The number of aliphatic hydroxyl groups is 1. The van der Waals surface area contributed by atoms with Gasteiger partial charge in [0.1, 0.15) is 0 Å². The number of allylic oxidation sites excluding steroid dienone is 1. The third kappa shape index (κ3) is 19.7. The average molecular weight is 412 g/mol. The molecule has 5 heteroatoms. The maximum absolute atomic E-state index is 11.6. The highest BCUT2D eigenvalue weighted by Gasteiger charge is 2.17. The van der Waals surface area contributed by atoms with Crippen LogP contribution in [0.2, 0.25) is 0 Å². The highest BCUT2D eigenvalue weighted by Crippen LogP contribution is 2.14. The van der Waals surface area contributed by atoms with Crippen molar-refractivity contribution in [2.45, 2.75) is 110 Å². The van der Waals surface area contributed by atoms with E-state index in [4.69, 9.17) is 5.11 Å². The van der Waals surface area contributed by atoms with Gasteiger partial charge < -0.3 is 15.5 Å². The molecule has 170 valence electrons. The predicted molar refractivity (Wildman–Crippen MR) is 120 cm³/mol. The Bertz CT molecular complexity index is 423. The zero-order valence-corrected chi connectivity index (χ0v) is 18.7. The number of nitrogens with one attached hydrogen (secondary N) is 1. The van der Waals surface area contributed by atoms with Crippen LogP contribution >= 0.6 is 0 Å². The minimum absolute atomic E-state index is 0.0788. The van der Waals surface area contributed by atoms with Crippen LogP contribution in [0.5, 0.6) is 0 Å². The summed E-state index contributed by atoms with van der Waals surface area (Å²) in [6, 6.07) is 0. The van der Waals surface area contributed by atoms with Crippen molar-refractivity contribution in [1.29, 1.82) is 0 Å². The minimum atomic E-state index is -0.985. The zero-order valence-electron chi connectivity index (χ0n) is 18.7. The first-order chi connectivity index (χ1) is 14.1. The molecule has 0 aromatic heterocycles. The van der Waals surface area contributed by atoms with Crippen LogP contribution in [0.3, 0.4) is 0 Å². The number of carbonyl (C=O) groups excluding carboxylic acids is 1. The van der Waals surface area contributed by atoms with Crippen LogP contribution in [0, 0.1) is 5.92 Å². The summed E-state index contributed by atoms with van der Waals surface area (Å²) >= 11 is 0. The van der Waals surface area contributed by atoms with Gasteiger partial charge in [-0.3, -0.25) is 9.59 Å². The van der Waals surface area contributed by atoms with E-state index in [2.05, 4.69) is 12.2 Å². The Morgan fingerprint density at radius 2 is 1.31 bits per heavy atom. The van der Waals surface area contributed by atoms with Gasteiger partial charge in [-0.1, -0.05) is 103 Å². The van der Waals surface area contributed by atoms with Crippen LogP contribution in [0.1, 0.15) is 110 Å². The normalized spacial score (nSPS) is 12.3. The molecule has 3 N–H and O–H groups in total. The first-order valence-corrected chi connectivity index (χ1v) is 11.9. The summed E-state index contributed by atoms with van der Waals surface area (Å²) in [7, 11) is 0. The quantitative estimate of drug-likeness (QED) is 0.169. The Balaban J connectivity index is 3.53. The van der Waals surface area contributed by atoms with E-state index >= 15 is 0 Å². The number of amides is 1. The summed E-state index contributed by atoms with van der Waals surface area (Å²) < 4.78 is 0. The molecule has 1 amide bonds. The maximum atomic E-state index is 11.6. The number of carboxylic acid groups (broad SMARTS) is 1. The molecular weight excluding hydrogens is 366 g/mol. The first kappa shape index (κ1) is 27.6. The Morgan fingerprint density at radius 1 is 0.828 bits per heavy atom. The van der Waals surface area contributed by atoms with E-state index < -0.39 is 11.9 Å². The van der Waals surface area contributed by atoms with Gasteiger partial charge in [-0.2, -0.15) is 0 Å². The number of carboxylic acids is 1. The summed E-state index contributed by atoms with van der Waals surface area (Å²) in [4.78, 5) is 22.8. The van der Waals surface area contributed by atoms with Gasteiger partial charge in [-0.05, 0) is 12.8 Å². The Kier molecular flexibility index (Phi) is 20.3. The van der Waals surface area contributed by atoms with E-state index in [0.29, 0.717) is 0 Å². The Morgan fingerprint density at radius 3 is 1.76 bits per heavy atom. The van der Waals surface area contributed by atoms with Crippen molar-refractivity contribution in [3.63, 3.8) is 0 Å². The molecule has 1 atom stereocenters. The molecule has 0 spiro atoms. The van der Waals surface area contributed by atoms with Gasteiger partial charge in [0.2, 0.25) is 5.91 Å². The second-order valence-electron chi connectivity index (χ2n) is 8.04. The minimum Gasteiger partial charge on any atom is -0.481 e. The largest absolute Gasteiger partial charge is 0.481 e. The lowest BCUT2D eigenvalue weighted by atomic mass is 10.0.